The Morgan fingerprint density at radius 2 is 1.74 bits per heavy atom. The molecule has 2 aromatic carbocycles. The average molecular weight is 414 g/mol. The number of amides is 1. The van der Waals surface area contributed by atoms with Gasteiger partial charge in [-0.1, -0.05) is 42.5 Å². The number of carbonyl (C=O) groups excluding carboxylic acids is 1. The molecular weight excluding hydrogens is 386 g/mol. The van der Waals surface area contributed by atoms with Gasteiger partial charge in [-0.05, 0) is 43.9 Å². The maximum absolute atomic E-state index is 13.2. The van der Waals surface area contributed by atoms with Crippen LogP contribution in [0.25, 0.3) is 22.3 Å². The van der Waals surface area contributed by atoms with Gasteiger partial charge in [-0.25, -0.2) is 4.98 Å². The van der Waals surface area contributed by atoms with Gasteiger partial charge in [0, 0.05) is 32.2 Å². The zero-order valence-corrected chi connectivity index (χ0v) is 18.0. The minimum atomic E-state index is 0.0693. The summed E-state index contributed by atoms with van der Waals surface area (Å²) in [5.74, 6) is 1.68. The van der Waals surface area contributed by atoms with Crippen molar-refractivity contribution in [1.29, 1.82) is 0 Å². The first kappa shape index (κ1) is 19.5. The van der Waals surface area contributed by atoms with Gasteiger partial charge in [0.25, 0.3) is 5.91 Å². The second-order valence-electron chi connectivity index (χ2n) is 8.40. The van der Waals surface area contributed by atoms with E-state index in [-0.39, 0.29) is 5.91 Å². The molecule has 0 spiro atoms. The number of fused-ring (bicyclic) bond motifs is 1. The Balaban J connectivity index is 1.26. The topological polar surface area (TPSA) is 56.0 Å². The predicted octanol–water partition coefficient (Wildman–Crippen LogP) is 4.30. The summed E-state index contributed by atoms with van der Waals surface area (Å²) in [6.07, 6.45) is 2.00. The molecule has 1 fully saturated rings. The van der Waals surface area contributed by atoms with Crippen LogP contribution in [0.15, 0.2) is 60.7 Å². The lowest BCUT2D eigenvalue weighted by Gasteiger charge is -2.32. The fraction of sp³-hybridized carbons (Fsp3) is 0.320. The Labute approximate surface area is 182 Å². The first-order chi connectivity index (χ1) is 15.1. The molecular formula is C25H27N5O. The van der Waals surface area contributed by atoms with Gasteiger partial charge in [-0.2, -0.15) is 5.10 Å². The average Bonchev–Trinajstić information content (AvgIpc) is 3.34. The molecule has 31 heavy (non-hydrogen) atoms. The third-order valence-corrected chi connectivity index (χ3v) is 6.36. The van der Waals surface area contributed by atoms with Crippen LogP contribution in [0.5, 0.6) is 0 Å². The highest BCUT2D eigenvalue weighted by Crippen LogP contribution is 2.25. The maximum atomic E-state index is 13.2. The summed E-state index contributed by atoms with van der Waals surface area (Å²) in [6, 6.07) is 20.2. The number of rotatable bonds is 4. The summed E-state index contributed by atoms with van der Waals surface area (Å²) in [5, 5.41) is 4.56. The van der Waals surface area contributed by atoms with Gasteiger partial charge < -0.3 is 9.47 Å². The number of hydrogen-bond acceptors (Lipinski definition) is 3. The zero-order valence-electron chi connectivity index (χ0n) is 18.0. The van der Waals surface area contributed by atoms with E-state index < -0.39 is 0 Å². The second kappa shape index (κ2) is 8.02. The first-order valence-electron chi connectivity index (χ1n) is 10.9. The highest BCUT2D eigenvalue weighted by Gasteiger charge is 2.26. The normalized spacial score (nSPS) is 15.0. The van der Waals surface area contributed by atoms with E-state index in [2.05, 4.69) is 39.8 Å². The molecule has 5 rings (SSSR count). The van der Waals surface area contributed by atoms with E-state index in [1.165, 1.54) is 5.52 Å². The number of hydrogen-bond donors (Lipinski definition) is 0. The van der Waals surface area contributed by atoms with E-state index in [0.717, 1.165) is 55.1 Å². The summed E-state index contributed by atoms with van der Waals surface area (Å²) in [6.45, 7) is 4.59. The summed E-state index contributed by atoms with van der Waals surface area (Å²) < 4.78 is 4.03. The predicted molar refractivity (Wildman–Crippen MR) is 122 cm³/mol. The van der Waals surface area contributed by atoms with Gasteiger partial charge >= 0.3 is 0 Å². The molecule has 0 bridgehead atoms. The molecule has 6 heteroatoms. The third-order valence-electron chi connectivity index (χ3n) is 6.36. The molecule has 0 saturated carbocycles. The van der Waals surface area contributed by atoms with Crippen LogP contribution in [0.2, 0.25) is 0 Å². The van der Waals surface area contributed by atoms with E-state index in [0.29, 0.717) is 11.6 Å². The van der Waals surface area contributed by atoms with Crippen molar-refractivity contribution in [2.24, 2.45) is 13.0 Å². The monoisotopic (exact) mass is 413 g/mol. The lowest BCUT2D eigenvalue weighted by molar-refractivity contribution is 0.0672. The fourth-order valence-electron chi connectivity index (χ4n) is 4.58. The van der Waals surface area contributed by atoms with Crippen LogP contribution in [-0.4, -0.2) is 43.2 Å². The number of aromatic nitrogens is 4. The standard InChI is InChI=1S/C25H27N5O/c1-18-26-21-10-6-7-11-23(21)30(18)17-19-12-14-29(15-13-19)25(31)24-16-22(27-28(24)2)20-8-4-3-5-9-20/h3-11,16,19H,12-15,17H2,1-2H3. The Morgan fingerprint density at radius 1 is 1.03 bits per heavy atom. The number of benzene rings is 2. The van der Waals surface area contributed by atoms with Crippen molar-refractivity contribution < 1.29 is 4.79 Å². The van der Waals surface area contributed by atoms with Gasteiger partial charge in [0.05, 0.1) is 16.7 Å². The van der Waals surface area contributed by atoms with Gasteiger partial charge in [-0.15, -0.1) is 0 Å². The molecule has 0 aliphatic carbocycles. The van der Waals surface area contributed by atoms with Gasteiger partial charge in [0.2, 0.25) is 0 Å². The van der Waals surface area contributed by atoms with Crippen LogP contribution in [0.3, 0.4) is 0 Å². The molecule has 0 unspecified atom stereocenters. The molecule has 4 aromatic rings. The van der Waals surface area contributed by atoms with Crippen LogP contribution in [0.4, 0.5) is 0 Å². The number of carbonyl (C=O) groups is 1. The summed E-state index contributed by atoms with van der Waals surface area (Å²) in [4.78, 5) is 19.8. The Hall–Kier alpha value is -3.41. The molecule has 6 nitrogen and oxygen atoms in total. The third kappa shape index (κ3) is 3.74. The molecule has 1 aliphatic heterocycles. The zero-order chi connectivity index (χ0) is 21.4. The Morgan fingerprint density at radius 3 is 2.52 bits per heavy atom. The molecule has 3 heterocycles. The number of imidazole rings is 1. The number of nitrogens with zero attached hydrogens (tertiary/aromatic N) is 5. The van der Waals surface area contributed by atoms with E-state index in [1.54, 1.807) is 4.68 Å². The molecule has 0 atom stereocenters. The Bertz CT molecular complexity index is 1220. The minimum absolute atomic E-state index is 0.0693. The molecule has 158 valence electrons. The van der Waals surface area contributed by atoms with Crippen molar-refractivity contribution >= 4 is 16.9 Å². The number of aryl methyl sites for hydroxylation is 2. The first-order valence-corrected chi connectivity index (χ1v) is 10.9. The number of para-hydroxylation sites is 2. The lowest BCUT2D eigenvalue weighted by Crippen LogP contribution is -2.40. The number of likely N-dealkylation sites (tertiary alicyclic amines) is 1. The number of piperidine rings is 1. The molecule has 0 radical (unpaired) electrons. The smallest absolute Gasteiger partial charge is 0.272 e. The largest absolute Gasteiger partial charge is 0.337 e. The SMILES string of the molecule is Cc1nc2ccccc2n1CC1CCN(C(=O)c2cc(-c3ccccc3)nn2C)CC1. The van der Waals surface area contributed by atoms with Crippen LogP contribution >= 0.6 is 0 Å². The van der Waals surface area contributed by atoms with Crippen molar-refractivity contribution in [2.45, 2.75) is 26.3 Å². The van der Waals surface area contributed by atoms with E-state index >= 15 is 0 Å². The molecule has 2 aromatic heterocycles. The van der Waals surface area contributed by atoms with Gasteiger partial charge in [0.1, 0.15) is 11.5 Å². The van der Waals surface area contributed by atoms with Crippen LogP contribution in [-0.2, 0) is 13.6 Å². The van der Waals surface area contributed by atoms with Crippen molar-refractivity contribution in [3.05, 3.63) is 72.2 Å². The highest BCUT2D eigenvalue weighted by molar-refractivity contribution is 5.93. The van der Waals surface area contributed by atoms with E-state index in [9.17, 15) is 4.79 Å². The maximum Gasteiger partial charge on any atom is 0.272 e. The highest BCUT2D eigenvalue weighted by atomic mass is 16.2. The second-order valence-corrected chi connectivity index (χ2v) is 8.40. The van der Waals surface area contributed by atoms with Crippen molar-refractivity contribution in [2.75, 3.05) is 13.1 Å². The summed E-state index contributed by atoms with van der Waals surface area (Å²) in [5.41, 5.74) is 4.76. The van der Waals surface area contributed by atoms with Crippen LogP contribution in [0, 0.1) is 12.8 Å². The van der Waals surface area contributed by atoms with Crippen molar-refractivity contribution in [3.63, 3.8) is 0 Å². The van der Waals surface area contributed by atoms with Crippen LogP contribution < -0.4 is 0 Å². The molecule has 1 aliphatic rings. The van der Waals surface area contributed by atoms with Crippen LogP contribution in [0.1, 0.15) is 29.2 Å². The van der Waals surface area contributed by atoms with E-state index in [1.807, 2.05) is 54.4 Å². The summed E-state index contributed by atoms with van der Waals surface area (Å²) in [7, 11) is 1.85. The fourth-order valence-corrected chi connectivity index (χ4v) is 4.58. The van der Waals surface area contributed by atoms with Crippen molar-refractivity contribution in [3.8, 4) is 11.3 Å². The minimum Gasteiger partial charge on any atom is -0.337 e. The molecule has 1 amide bonds. The van der Waals surface area contributed by atoms with E-state index in [4.69, 9.17) is 0 Å². The van der Waals surface area contributed by atoms with Gasteiger partial charge in [-0.3, -0.25) is 9.48 Å². The van der Waals surface area contributed by atoms with Crippen molar-refractivity contribution in [1.82, 2.24) is 24.2 Å². The molecule has 1 saturated heterocycles. The quantitative estimate of drug-likeness (QED) is 0.501. The molecule has 0 N–H and O–H groups in total. The lowest BCUT2D eigenvalue weighted by atomic mass is 9.96. The Kier molecular flexibility index (Phi) is 5.06. The summed E-state index contributed by atoms with van der Waals surface area (Å²) >= 11 is 0. The van der Waals surface area contributed by atoms with Gasteiger partial charge in [0.15, 0.2) is 0 Å².